The van der Waals surface area contributed by atoms with Crippen LogP contribution >= 0.6 is 0 Å². The summed E-state index contributed by atoms with van der Waals surface area (Å²) in [6, 6.07) is 0.263. The molecule has 1 heterocycles. The zero-order chi connectivity index (χ0) is 8.43. The van der Waals surface area contributed by atoms with Crippen LogP contribution in [0.15, 0.2) is 0 Å². The lowest BCUT2D eigenvalue weighted by Crippen LogP contribution is -2.47. The molecule has 1 rings (SSSR count). The van der Waals surface area contributed by atoms with Gasteiger partial charge in [0.25, 0.3) is 0 Å². The maximum Gasteiger partial charge on any atom is 0.0929 e. The first-order valence-corrected chi connectivity index (χ1v) is 4.07. The van der Waals surface area contributed by atoms with E-state index in [-0.39, 0.29) is 18.2 Å². The number of nitrogens with zero attached hydrogens (tertiary/aromatic N) is 1. The minimum absolute atomic E-state index is 0.263. The number of likely N-dealkylation sites (N-methyl/N-ethyl adjacent to an activating group) is 1. The Morgan fingerprint density at radius 3 is 2.55 bits per heavy atom. The lowest BCUT2D eigenvalue weighted by molar-refractivity contribution is -0.0876. The first-order chi connectivity index (χ1) is 5.11. The Kier molecular flexibility index (Phi) is 2.87. The van der Waals surface area contributed by atoms with Crippen molar-refractivity contribution in [1.29, 1.82) is 0 Å². The van der Waals surface area contributed by atoms with E-state index in [1.165, 1.54) is 0 Å². The zero-order valence-electron chi connectivity index (χ0n) is 7.45. The second-order valence-corrected chi connectivity index (χ2v) is 3.48. The summed E-state index contributed by atoms with van der Waals surface area (Å²) in [5, 5.41) is 9.49. The highest BCUT2D eigenvalue weighted by molar-refractivity contribution is 4.81. The van der Waals surface area contributed by atoms with E-state index >= 15 is 0 Å². The van der Waals surface area contributed by atoms with E-state index in [4.69, 9.17) is 4.74 Å². The number of hydrogen-bond donors (Lipinski definition) is 1. The Hall–Kier alpha value is -0.120. The van der Waals surface area contributed by atoms with Crippen LogP contribution in [0.3, 0.4) is 0 Å². The van der Waals surface area contributed by atoms with Crippen LogP contribution in [0.1, 0.15) is 13.3 Å². The normalized spacial score (nSPS) is 39.5. The zero-order valence-corrected chi connectivity index (χ0v) is 7.45. The Labute approximate surface area is 68.0 Å². The van der Waals surface area contributed by atoms with E-state index in [1.807, 2.05) is 21.0 Å². The van der Waals surface area contributed by atoms with Gasteiger partial charge in [0.1, 0.15) is 0 Å². The van der Waals surface area contributed by atoms with Gasteiger partial charge in [-0.15, -0.1) is 0 Å². The van der Waals surface area contributed by atoms with E-state index in [2.05, 4.69) is 4.90 Å². The fraction of sp³-hybridized carbons (Fsp3) is 1.00. The predicted octanol–water partition coefficient (Wildman–Crippen LogP) is 0.0863. The van der Waals surface area contributed by atoms with Crippen molar-refractivity contribution < 1.29 is 9.84 Å². The predicted molar refractivity (Wildman–Crippen MR) is 43.5 cm³/mol. The summed E-state index contributed by atoms with van der Waals surface area (Å²) in [4.78, 5) is 2.06. The molecule has 0 aromatic rings. The van der Waals surface area contributed by atoms with Crippen LogP contribution in [0.2, 0.25) is 0 Å². The fourth-order valence-corrected chi connectivity index (χ4v) is 1.49. The van der Waals surface area contributed by atoms with Crippen LogP contribution in [0.4, 0.5) is 0 Å². The Morgan fingerprint density at radius 1 is 1.45 bits per heavy atom. The topological polar surface area (TPSA) is 32.7 Å². The fourth-order valence-electron chi connectivity index (χ4n) is 1.49. The molecule has 66 valence electrons. The molecular formula is C8H17NO2. The van der Waals surface area contributed by atoms with Crippen LogP contribution in [0, 0.1) is 0 Å². The molecule has 3 nitrogen and oxygen atoms in total. The molecule has 0 bridgehead atoms. The van der Waals surface area contributed by atoms with Gasteiger partial charge in [-0.2, -0.15) is 0 Å². The van der Waals surface area contributed by atoms with Crippen molar-refractivity contribution in [3.05, 3.63) is 0 Å². The second kappa shape index (κ2) is 3.52. The van der Waals surface area contributed by atoms with Crippen molar-refractivity contribution in [3.63, 3.8) is 0 Å². The van der Waals surface area contributed by atoms with Crippen LogP contribution < -0.4 is 0 Å². The molecule has 0 spiro atoms. The van der Waals surface area contributed by atoms with Gasteiger partial charge in [0.2, 0.25) is 0 Å². The van der Waals surface area contributed by atoms with Gasteiger partial charge in [0.05, 0.1) is 18.8 Å². The average molecular weight is 159 g/mol. The van der Waals surface area contributed by atoms with E-state index in [0.29, 0.717) is 6.61 Å². The molecular weight excluding hydrogens is 142 g/mol. The molecule has 1 aliphatic heterocycles. The largest absolute Gasteiger partial charge is 0.389 e. The van der Waals surface area contributed by atoms with E-state index in [0.717, 1.165) is 6.42 Å². The maximum absolute atomic E-state index is 9.49. The quantitative estimate of drug-likeness (QED) is 0.588. The molecule has 0 amide bonds. The number of aliphatic hydroxyl groups is 1. The maximum atomic E-state index is 9.49. The SMILES string of the molecule is C[C@@H]1C[C@@H](N(C)C)[C@@H](O)CO1. The number of hydrogen-bond acceptors (Lipinski definition) is 3. The van der Waals surface area contributed by atoms with Crippen molar-refractivity contribution in [2.45, 2.75) is 31.6 Å². The summed E-state index contributed by atoms with van der Waals surface area (Å²) in [6.45, 7) is 2.52. The van der Waals surface area contributed by atoms with Crippen molar-refractivity contribution in [2.24, 2.45) is 0 Å². The molecule has 0 unspecified atom stereocenters. The van der Waals surface area contributed by atoms with Gasteiger partial charge >= 0.3 is 0 Å². The lowest BCUT2D eigenvalue weighted by Gasteiger charge is -2.35. The van der Waals surface area contributed by atoms with Gasteiger partial charge in [0, 0.05) is 6.04 Å². The Morgan fingerprint density at radius 2 is 2.09 bits per heavy atom. The number of ether oxygens (including phenoxy) is 1. The highest BCUT2D eigenvalue weighted by Gasteiger charge is 2.28. The van der Waals surface area contributed by atoms with Gasteiger partial charge < -0.3 is 14.7 Å². The molecule has 3 heteroatoms. The van der Waals surface area contributed by atoms with Crippen LogP contribution in [0.25, 0.3) is 0 Å². The molecule has 3 atom stereocenters. The van der Waals surface area contributed by atoms with Gasteiger partial charge in [0.15, 0.2) is 0 Å². The lowest BCUT2D eigenvalue weighted by atomic mass is 10.0. The molecule has 0 aromatic heterocycles. The second-order valence-electron chi connectivity index (χ2n) is 3.48. The van der Waals surface area contributed by atoms with Gasteiger partial charge in [-0.1, -0.05) is 0 Å². The minimum Gasteiger partial charge on any atom is -0.389 e. The third kappa shape index (κ3) is 2.15. The Balaban J connectivity index is 2.47. The van der Waals surface area contributed by atoms with Crippen molar-refractivity contribution in [3.8, 4) is 0 Å². The monoisotopic (exact) mass is 159 g/mol. The molecule has 1 fully saturated rings. The highest BCUT2D eigenvalue weighted by Crippen LogP contribution is 2.17. The van der Waals surface area contributed by atoms with Gasteiger partial charge in [-0.3, -0.25) is 0 Å². The first-order valence-electron chi connectivity index (χ1n) is 4.07. The Bertz CT molecular complexity index is 127. The minimum atomic E-state index is -0.318. The van der Waals surface area contributed by atoms with Crippen LogP contribution in [-0.4, -0.2) is 49.0 Å². The van der Waals surface area contributed by atoms with E-state index in [9.17, 15) is 5.11 Å². The van der Waals surface area contributed by atoms with Gasteiger partial charge in [-0.05, 0) is 27.4 Å². The summed E-state index contributed by atoms with van der Waals surface area (Å²) in [7, 11) is 3.98. The third-order valence-corrected chi connectivity index (χ3v) is 2.23. The average Bonchev–Trinajstić information content (AvgIpc) is 1.94. The summed E-state index contributed by atoms with van der Waals surface area (Å²) < 4.78 is 5.29. The van der Waals surface area contributed by atoms with Crippen LogP contribution in [0.5, 0.6) is 0 Å². The first kappa shape index (κ1) is 8.97. The van der Waals surface area contributed by atoms with Crippen molar-refractivity contribution in [2.75, 3.05) is 20.7 Å². The van der Waals surface area contributed by atoms with Crippen molar-refractivity contribution in [1.82, 2.24) is 4.90 Å². The summed E-state index contributed by atoms with van der Waals surface area (Å²) >= 11 is 0. The summed E-state index contributed by atoms with van der Waals surface area (Å²) in [6.07, 6.45) is 0.890. The molecule has 0 aliphatic carbocycles. The third-order valence-electron chi connectivity index (χ3n) is 2.23. The van der Waals surface area contributed by atoms with Crippen LogP contribution in [-0.2, 0) is 4.74 Å². The van der Waals surface area contributed by atoms with Gasteiger partial charge in [-0.25, -0.2) is 0 Å². The highest BCUT2D eigenvalue weighted by atomic mass is 16.5. The molecule has 1 N–H and O–H groups in total. The number of rotatable bonds is 1. The smallest absolute Gasteiger partial charge is 0.0929 e. The molecule has 0 saturated carbocycles. The molecule has 0 radical (unpaired) electrons. The van der Waals surface area contributed by atoms with Crippen molar-refractivity contribution >= 4 is 0 Å². The summed E-state index contributed by atoms with van der Waals surface area (Å²) in [5.74, 6) is 0. The molecule has 0 aromatic carbocycles. The van der Waals surface area contributed by atoms with E-state index < -0.39 is 0 Å². The summed E-state index contributed by atoms with van der Waals surface area (Å²) in [5.41, 5.74) is 0. The molecule has 11 heavy (non-hydrogen) atoms. The standard InChI is InChI=1S/C8H17NO2/c1-6-4-7(9(2)3)8(10)5-11-6/h6-8,10H,4-5H2,1-3H3/t6-,7-,8+/m1/s1. The molecule has 1 saturated heterocycles. The number of aliphatic hydroxyl groups excluding tert-OH is 1. The van der Waals surface area contributed by atoms with E-state index in [1.54, 1.807) is 0 Å². The molecule has 1 aliphatic rings.